The first-order valence-corrected chi connectivity index (χ1v) is 16.6. The Morgan fingerprint density at radius 1 is 0.188 bits per heavy atom. The molecule has 0 nitrogen and oxygen atoms in total. The maximum Gasteiger partial charge on any atom is -0.00262 e. The number of hydrogen-bond acceptors (Lipinski definition) is 0. The third kappa shape index (κ3) is 4.96. The number of fused-ring (bicyclic) bond motifs is 3. The third-order valence-electron chi connectivity index (χ3n) is 9.64. The van der Waals surface area contributed by atoms with Crippen molar-refractivity contribution < 1.29 is 0 Å². The molecule has 9 aromatic carbocycles. The van der Waals surface area contributed by atoms with Crippen molar-refractivity contribution in [3.8, 4) is 55.6 Å². The van der Waals surface area contributed by atoms with Crippen molar-refractivity contribution in [2.24, 2.45) is 0 Å². The van der Waals surface area contributed by atoms with E-state index in [1.54, 1.807) is 0 Å². The Hall–Kier alpha value is -6.24. The number of benzene rings is 9. The van der Waals surface area contributed by atoms with Gasteiger partial charge in [-0.1, -0.05) is 176 Å². The second-order valence-corrected chi connectivity index (χ2v) is 12.5. The topological polar surface area (TPSA) is 0 Å². The lowest BCUT2D eigenvalue weighted by molar-refractivity contribution is 1.57. The van der Waals surface area contributed by atoms with Gasteiger partial charge in [-0.05, 0) is 106 Å². The molecule has 0 heterocycles. The molecular formula is C48H32. The fourth-order valence-electron chi connectivity index (χ4n) is 7.31. The Labute approximate surface area is 281 Å². The predicted molar refractivity (Wildman–Crippen MR) is 206 cm³/mol. The summed E-state index contributed by atoms with van der Waals surface area (Å²) in [5, 5.41) is 7.60. The summed E-state index contributed by atoms with van der Waals surface area (Å²) in [6, 6.07) is 70.7. The minimum absolute atomic E-state index is 1.21. The van der Waals surface area contributed by atoms with E-state index < -0.39 is 0 Å². The molecule has 0 heteroatoms. The summed E-state index contributed by atoms with van der Waals surface area (Å²) in [5.74, 6) is 0. The molecule has 0 aliphatic carbocycles. The van der Waals surface area contributed by atoms with Gasteiger partial charge in [0.2, 0.25) is 0 Å². The van der Waals surface area contributed by atoms with Crippen LogP contribution in [0, 0.1) is 0 Å². The van der Waals surface area contributed by atoms with Gasteiger partial charge in [-0.2, -0.15) is 0 Å². The minimum Gasteiger partial charge on any atom is -0.0622 e. The highest BCUT2D eigenvalue weighted by molar-refractivity contribution is 6.21. The van der Waals surface area contributed by atoms with E-state index in [0.29, 0.717) is 0 Å². The zero-order valence-corrected chi connectivity index (χ0v) is 26.5. The van der Waals surface area contributed by atoms with E-state index in [-0.39, 0.29) is 0 Å². The van der Waals surface area contributed by atoms with Crippen LogP contribution in [0.15, 0.2) is 194 Å². The van der Waals surface area contributed by atoms with Crippen LogP contribution < -0.4 is 0 Å². The molecule has 0 aliphatic heterocycles. The SMILES string of the molecule is c1ccc(-c2ccc(-c3cccc(-c4cccc(-c5c6ccccc6c(-c6ccc7ccccc7c6)c6ccccc56)c4)c3)cc2)cc1. The molecule has 0 unspecified atom stereocenters. The Morgan fingerprint density at radius 2 is 0.542 bits per heavy atom. The third-order valence-corrected chi connectivity index (χ3v) is 9.64. The summed E-state index contributed by atoms with van der Waals surface area (Å²) in [4.78, 5) is 0. The molecule has 48 heavy (non-hydrogen) atoms. The van der Waals surface area contributed by atoms with Gasteiger partial charge in [0.05, 0.1) is 0 Å². The Morgan fingerprint density at radius 3 is 1.12 bits per heavy atom. The maximum absolute atomic E-state index is 2.36. The van der Waals surface area contributed by atoms with Gasteiger partial charge < -0.3 is 0 Å². The molecule has 224 valence electrons. The summed E-state index contributed by atoms with van der Waals surface area (Å²) >= 11 is 0. The van der Waals surface area contributed by atoms with E-state index in [9.17, 15) is 0 Å². The average molecular weight is 609 g/mol. The molecule has 0 radical (unpaired) electrons. The molecule has 0 amide bonds. The molecular weight excluding hydrogens is 577 g/mol. The highest BCUT2D eigenvalue weighted by Crippen LogP contribution is 2.44. The lowest BCUT2D eigenvalue weighted by Gasteiger charge is -2.18. The van der Waals surface area contributed by atoms with Crippen molar-refractivity contribution in [1.29, 1.82) is 0 Å². The molecule has 0 aliphatic rings. The fourth-order valence-corrected chi connectivity index (χ4v) is 7.31. The van der Waals surface area contributed by atoms with Crippen LogP contribution in [-0.4, -0.2) is 0 Å². The van der Waals surface area contributed by atoms with Gasteiger partial charge in [0.25, 0.3) is 0 Å². The highest BCUT2D eigenvalue weighted by atomic mass is 14.2. The average Bonchev–Trinajstić information content (AvgIpc) is 3.17. The molecule has 0 saturated heterocycles. The van der Waals surface area contributed by atoms with Crippen LogP contribution in [0.2, 0.25) is 0 Å². The summed E-state index contributed by atoms with van der Waals surface area (Å²) in [7, 11) is 0. The zero-order valence-electron chi connectivity index (χ0n) is 26.5. The second kappa shape index (κ2) is 11.8. The van der Waals surface area contributed by atoms with Crippen molar-refractivity contribution in [3.05, 3.63) is 194 Å². The standard InChI is InChI=1S/C48H32/c1-2-12-33(13-3-1)35-24-26-36(27-25-35)38-16-10-17-39(30-38)40-18-11-19-41(32-40)47-43-20-6-8-22-45(43)48(46-23-9-7-21-44(46)47)42-29-28-34-14-4-5-15-37(34)31-42/h1-32H. The molecule has 0 N–H and O–H groups in total. The van der Waals surface area contributed by atoms with Crippen LogP contribution >= 0.6 is 0 Å². The molecule has 0 spiro atoms. The van der Waals surface area contributed by atoms with Crippen molar-refractivity contribution in [3.63, 3.8) is 0 Å². The van der Waals surface area contributed by atoms with Gasteiger partial charge in [-0.15, -0.1) is 0 Å². The lowest BCUT2D eigenvalue weighted by Crippen LogP contribution is -1.91. The van der Waals surface area contributed by atoms with Crippen molar-refractivity contribution >= 4 is 32.3 Å². The summed E-state index contributed by atoms with van der Waals surface area (Å²) in [5.41, 5.74) is 12.4. The van der Waals surface area contributed by atoms with Crippen LogP contribution in [0.4, 0.5) is 0 Å². The summed E-state index contributed by atoms with van der Waals surface area (Å²) < 4.78 is 0. The van der Waals surface area contributed by atoms with Gasteiger partial charge in [0, 0.05) is 0 Å². The van der Waals surface area contributed by atoms with Crippen molar-refractivity contribution in [1.82, 2.24) is 0 Å². The first-order valence-electron chi connectivity index (χ1n) is 16.6. The quantitative estimate of drug-likeness (QED) is 0.171. The van der Waals surface area contributed by atoms with E-state index in [2.05, 4.69) is 194 Å². The van der Waals surface area contributed by atoms with Crippen molar-refractivity contribution in [2.75, 3.05) is 0 Å². The van der Waals surface area contributed by atoms with E-state index >= 15 is 0 Å². The first kappa shape index (κ1) is 28.0. The molecule has 0 atom stereocenters. The molecule has 0 fully saturated rings. The lowest BCUT2D eigenvalue weighted by atomic mass is 9.85. The van der Waals surface area contributed by atoms with Crippen LogP contribution in [-0.2, 0) is 0 Å². The van der Waals surface area contributed by atoms with E-state index in [1.165, 1.54) is 88.0 Å². The predicted octanol–water partition coefficient (Wildman–Crippen LogP) is 13.5. The van der Waals surface area contributed by atoms with E-state index in [1.807, 2.05) is 0 Å². The van der Waals surface area contributed by atoms with E-state index in [4.69, 9.17) is 0 Å². The first-order chi connectivity index (χ1) is 23.8. The molecule has 0 aromatic heterocycles. The fraction of sp³-hybridized carbons (Fsp3) is 0. The Balaban J connectivity index is 1.16. The van der Waals surface area contributed by atoms with Gasteiger partial charge in [0.1, 0.15) is 0 Å². The highest BCUT2D eigenvalue weighted by Gasteiger charge is 2.17. The molecule has 0 bridgehead atoms. The maximum atomic E-state index is 2.36. The molecule has 9 rings (SSSR count). The minimum atomic E-state index is 1.21. The van der Waals surface area contributed by atoms with Crippen molar-refractivity contribution in [2.45, 2.75) is 0 Å². The van der Waals surface area contributed by atoms with Gasteiger partial charge >= 0.3 is 0 Å². The van der Waals surface area contributed by atoms with Crippen LogP contribution in [0.5, 0.6) is 0 Å². The Kier molecular flexibility index (Phi) is 6.91. The summed E-state index contributed by atoms with van der Waals surface area (Å²) in [6.45, 7) is 0. The molecule has 0 saturated carbocycles. The van der Waals surface area contributed by atoms with Crippen LogP contribution in [0.1, 0.15) is 0 Å². The normalized spacial score (nSPS) is 11.3. The largest absolute Gasteiger partial charge is 0.0622 e. The van der Waals surface area contributed by atoms with Gasteiger partial charge in [0.15, 0.2) is 0 Å². The molecule has 9 aromatic rings. The monoisotopic (exact) mass is 608 g/mol. The smallest absolute Gasteiger partial charge is 0.00262 e. The van der Waals surface area contributed by atoms with E-state index in [0.717, 1.165) is 0 Å². The van der Waals surface area contributed by atoms with Crippen LogP contribution in [0.25, 0.3) is 88.0 Å². The number of rotatable bonds is 5. The van der Waals surface area contributed by atoms with Crippen LogP contribution in [0.3, 0.4) is 0 Å². The second-order valence-electron chi connectivity index (χ2n) is 12.5. The zero-order chi connectivity index (χ0) is 31.9. The van der Waals surface area contributed by atoms with Gasteiger partial charge in [-0.3, -0.25) is 0 Å². The Bertz CT molecular complexity index is 2530. The van der Waals surface area contributed by atoms with Gasteiger partial charge in [-0.25, -0.2) is 0 Å². The summed E-state index contributed by atoms with van der Waals surface area (Å²) in [6.07, 6.45) is 0. The number of hydrogen-bond donors (Lipinski definition) is 0.